The maximum absolute atomic E-state index is 13.3. The van der Waals surface area contributed by atoms with Crippen LogP contribution in [0.15, 0.2) is 53.7 Å². The van der Waals surface area contributed by atoms with Crippen molar-refractivity contribution in [2.45, 2.75) is 36.6 Å². The summed E-state index contributed by atoms with van der Waals surface area (Å²) in [5.74, 6) is -0.238. The molecular weight excluding hydrogens is 350 g/mol. The molecule has 0 saturated carbocycles. The average Bonchev–Trinajstić information content (AvgIpc) is 2.95. The van der Waals surface area contributed by atoms with Crippen LogP contribution in [0.3, 0.4) is 0 Å². The van der Waals surface area contributed by atoms with Gasteiger partial charge in [-0.05, 0) is 54.8 Å². The Morgan fingerprint density at radius 1 is 1.08 bits per heavy atom. The van der Waals surface area contributed by atoms with Crippen LogP contribution in [0.2, 0.25) is 0 Å². The van der Waals surface area contributed by atoms with Crippen LogP contribution in [-0.4, -0.2) is 37.2 Å². The maximum atomic E-state index is 13.3. The van der Waals surface area contributed by atoms with E-state index in [-0.39, 0.29) is 16.8 Å². The first-order chi connectivity index (χ1) is 12.5. The number of carbonyl (C=O) groups excluding carboxylic acids is 1. The van der Waals surface area contributed by atoms with Crippen molar-refractivity contribution in [3.8, 4) is 0 Å². The normalized spacial score (nSPS) is 18.9. The summed E-state index contributed by atoms with van der Waals surface area (Å²) in [6, 6.07) is 9.68. The molecule has 1 aromatic heterocycles. The maximum Gasteiger partial charge on any atom is 0.251 e. The van der Waals surface area contributed by atoms with Gasteiger partial charge in [-0.25, -0.2) is 8.42 Å². The minimum absolute atomic E-state index is 0.191. The summed E-state index contributed by atoms with van der Waals surface area (Å²) in [5, 5.41) is 2.53. The van der Waals surface area contributed by atoms with Gasteiger partial charge in [0.1, 0.15) is 0 Å². The quantitative estimate of drug-likeness (QED) is 0.894. The van der Waals surface area contributed by atoms with E-state index in [4.69, 9.17) is 0 Å². The van der Waals surface area contributed by atoms with E-state index in [9.17, 15) is 13.2 Å². The van der Waals surface area contributed by atoms with Gasteiger partial charge >= 0.3 is 0 Å². The molecule has 0 radical (unpaired) electrons. The van der Waals surface area contributed by atoms with Gasteiger partial charge < -0.3 is 5.32 Å². The molecule has 2 heterocycles. The standard InChI is InChI=1S/C19H23N3O3S/c1-20-19(23)16-6-8-17(9-7-16)26(24,25)22-14-4-2-3-5-18(22)15-10-12-21-13-11-15/h6-13,18H,2-5,14H2,1H3,(H,20,23)/t18-/m0/s1. The fourth-order valence-electron chi connectivity index (χ4n) is 3.35. The number of aromatic nitrogens is 1. The first-order valence-corrected chi connectivity index (χ1v) is 10.2. The molecule has 7 heteroatoms. The second-order valence-corrected chi connectivity index (χ2v) is 8.26. The topological polar surface area (TPSA) is 79.4 Å². The van der Waals surface area contributed by atoms with Crippen LogP contribution in [0.4, 0.5) is 0 Å². The van der Waals surface area contributed by atoms with Crippen LogP contribution < -0.4 is 5.32 Å². The van der Waals surface area contributed by atoms with Gasteiger partial charge in [0.15, 0.2) is 0 Å². The number of nitrogens with zero attached hydrogens (tertiary/aromatic N) is 2. The largest absolute Gasteiger partial charge is 0.355 e. The smallest absolute Gasteiger partial charge is 0.251 e. The molecule has 0 bridgehead atoms. The highest BCUT2D eigenvalue weighted by molar-refractivity contribution is 7.89. The second-order valence-electron chi connectivity index (χ2n) is 6.36. The summed E-state index contributed by atoms with van der Waals surface area (Å²) in [7, 11) is -2.11. The first-order valence-electron chi connectivity index (χ1n) is 8.78. The highest BCUT2D eigenvalue weighted by Gasteiger charge is 2.33. The summed E-state index contributed by atoms with van der Waals surface area (Å²) >= 11 is 0. The molecule has 1 saturated heterocycles. The Morgan fingerprint density at radius 3 is 2.42 bits per heavy atom. The molecule has 1 N–H and O–H groups in total. The van der Waals surface area contributed by atoms with Crippen molar-refractivity contribution in [2.75, 3.05) is 13.6 Å². The third kappa shape index (κ3) is 3.78. The van der Waals surface area contributed by atoms with Gasteiger partial charge in [-0.1, -0.05) is 12.8 Å². The summed E-state index contributed by atoms with van der Waals surface area (Å²) in [4.78, 5) is 15.9. The third-order valence-corrected chi connectivity index (χ3v) is 6.67. The molecule has 1 amide bonds. The number of amides is 1. The fourth-order valence-corrected chi connectivity index (χ4v) is 5.03. The molecule has 1 aliphatic rings. The Labute approximate surface area is 154 Å². The van der Waals surface area contributed by atoms with E-state index in [1.807, 2.05) is 12.1 Å². The van der Waals surface area contributed by atoms with Gasteiger partial charge in [-0.3, -0.25) is 9.78 Å². The number of hydrogen-bond acceptors (Lipinski definition) is 4. The lowest BCUT2D eigenvalue weighted by Gasteiger charge is -2.29. The number of benzene rings is 1. The lowest BCUT2D eigenvalue weighted by Crippen LogP contribution is -2.35. The zero-order valence-corrected chi connectivity index (χ0v) is 15.6. The van der Waals surface area contributed by atoms with Crippen LogP contribution in [0.5, 0.6) is 0 Å². The molecule has 1 fully saturated rings. The summed E-state index contributed by atoms with van der Waals surface area (Å²) < 4.78 is 28.2. The molecular formula is C19H23N3O3S. The number of sulfonamides is 1. The van der Waals surface area contributed by atoms with Crippen molar-refractivity contribution in [2.24, 2.45) is 0 Å². The van der Waals surface area contributed by atoms with Crippen LogP contribution in [-0.2, 0) is 10.0 Å². The van der Waals surface area contributed by atoms with Crippen molar-refractivity contribution >= 4 is 15.9 Å². The Hall–Kier alpha value is -2.25. The average molecular weight is 373 g/mol. The van der Waals surface area contributed by atoms with E-state index >= 15 is 0 Å². The lowest BCUT2D eigenvalue weighted by molar-refractivity contribution is 0.0963. The molecule has 1 atom stereocenters. The van der Waals surface area contributed by atoms with Crippen LogP contribution in [0.25, 0.3) is 0 Å². The molecule has 138 valence electrons. The van der Waals surface area contributed by atoms with Crippen molar-refractivity contribution in [3.05, 3.63) is 59.9 Å². The Kier molecular flexibility index (Phi) is 5.68. The van der Waals surface area contributed by atoms with Gasteiger partial charge in [0.25, 0.3) is 5.91 Å². The summed E-state index contributed by atoms with van der Waals surface area (Å²) in [5.41, 5.74) is 1.40. The van der Waals surface area contributed by atoms with Gasteiger partial charge in [0.05, 0.1) is 10.9 Å². The molecule has 3 rings (SSSR count). The molecule has 1 aliphatic heterocycles. The predicted octanol–water partition coefficient (Wildman–Crippen LogP) is 2.75. The minimum Gasteiger partial charge on any atom is -0.355 e. The monoisotopic (exact) mass is 373 g/mol. The molecule has 6 nitrogen and oxygen atoms in total. The molecule has 0 unspecified atom stereocenters. The van der Waals surface area contributed by atoms with Gasteiger partial charge in [0.2, 0.25) is 10.0 Å². The van der Waals surface area contributed by atoms with Gasteiger partial charge in [-0.2, -0.15) is 4.31 Å². The third-order valence-electron chi connectivity index (χ3n) is 4.74. The van der Waals surface area contributed by atoms with Crippen LogP contribution in [0, 0.1) is 0 Å². The lowest BCUT2D eigenvalue weighted by atomic mass is 10.0. The molecule has 2 aromatic rings. The predicted molar refractivity (Wildman–Crippen MR) is 99.2 cm³/mol. The van der Waals surface area contributed by atoms with E-state index in [1.54, 1.807) is 35.9 Å². The highest BCUT2D eigenvalue weighted by atomic mass is 32.2. The molecule has 26 heavy (non-hydrogen) atoms. The molecule has 1 aromatic carbocycles. The Balaban J connectivity index is 1.96. The van der Waals surface area contributed by atoms with E-state index in [0.29, 0.717) is 12.1 Å². The number of hydrogen-bond donors (Lipinski definition) is 1. The Bertz CT molecular complexity index is 851. The zero-order valence-electron chi connectivity index (χ0n) is 14.8. The number of pyridine rings is 1. The van der Waals surface area contributed by atoms with E-state index in [0.717, 1.165) is 31.2 Å². The van der Waals surface area contributed by atoms with Crippen molar-refractivity contribution in [3.63, 3.8) is 0 Å². The SMILES string of the molecule is CNC(=O)c1ccc(S(=O)(=O)N2CCCCC[C@H]2c2ccncc2)cc1. The van der Waals surface area contributed by atoms with Gasteiger partial charge in [0, 0.05) is 31.5 Å². The van der Waals surface area contributed by atoms with E-state index in [1.165, 1.54) is 12.1 Å². The first kappa shape index (κ1) is 18.5. The molecule has 0 spiro atoms. The second kappa shape index (κ2) is 7.97. The fraction of sp³-hybridized carbons (Fsp3) is 0.368. The number of rotatable bonds is 4. The van der Waals surface area contributed by atoms with Crippen molar-refractivity contribution < 1.29 is 13.2 Å². The van der Waals surface area contributed by atoms with Crippen molar-refractivity contribution in [1.82, 2.24) is 14.6 Å². The summed E-state index contributed by atoms with van der Waals surface area (Å²) in [6.45, 7) is 0.493. The van der Waals surface area contributed by atoms with Crippen LogP contribution >= 0.6 is 0 Å². The van der Waals surface area contributed by atoms with Gasteiger partial charge in [-0.15, -0.1) is 0 Å². The number of carbonyl (C=O) groups is 1. The minimum atomic E-state index is -3.65. The highest BCUT2D eigenvalue weighted by Crippen LogP contribution is 2.34. The Morgan fingerprint density at radius 2 is 1.77 bits per heavy atom. The van der Waals surface area contributed by atoms with E-state index < -0.39 is 10.0 Å². The van der Waals surface area contributed by atoms with E-state index in [2.05, 4.69) is 10.3 Å². The summed E-state index contributed by atoms with van der Waals surface area (Å²) in [6.07, 6.45) is 7.04. The molecule has 0 aliphatic carbocycles. The van der Waals surface area contributed by atoms with Crippen LogP contribution in [0.1, 0.15) is 47.6 Å². The van der Waals surface area contributed by atoms with Crippen molar-refractivity contribution in [1.29, 1.82) is 0 Å². The zero-order chi connectivity index (χ0) is 18.6. The number of nitrogens with one attached hydrogen (secondary N) is 1.